The molecule has 1 saturated heterocycles. The Balaban J connectivity index is 2.10. The molecule has 1 aromatic rings. The number of aromatic nitrogens is 1. The number of hydrogen-bond acceptors (Lipinski definition) is 2. The highest BCUT2D eigenvalue weighted by atomic mass is 35.5. The highest BCUT2D eigenvalue weighted by Gasteiger charge is 2.10. The van der Waals surface area contributed by atoms with Crippen LogP contribution in [0.1, 0.15) is 12.8 Å². The summed E-state index contributed by atoms with van der Waals surface area (Å²) >= 11 is 5.71. The molecule has 1 aliphatic rings. The van der Waals surface area contributed by atoms with Gasteiger partial charge in [-0.3, -0.25) is 0 Å². The predicted molar refractivity (Wildman–Crippen MR) is 55.0 cm³/mol. The maximum absolute atomic E-state index is 5.71. The lowest BCUT2D eigenvalue weighted by Gasteiger charge is -2.28. The quantitative estimate of drug-likeness (QED) is 0.641. The van der Waals surface area contributed by atoms with Crippen LogP contribution in [0, 0.1) is 6.42 Å². The molecule has 0 bridgehead atoms. The molecular formula is C10H12ClN2. The summed E-state index contributed by atoms with van der Waals surface area (Å²) in [4.78, 5) is 6.40. The van der Waals surface area contributed by atoms with Gasteiger partial charge < -0.3 is 4.90 Å². The fourth-order valence-electron chi connectivity index (χ4n) is 1.56. The normalized spacial score (nSPS) is 17.5. The molecule has 1 aliphatic heterocycles. The molecule has 3 heteroatoms. The lowest BCUT2D eigenvalue weighted by atomic mass is 10.1. The largest absolute Gasteiger partial charge is 0.370 e. The average Bonchev–Trinajstić information content (AvgIpc) is 2.20. The lowest BCUT2D eigenvalue weighted by molar-refractivity contribution is 0.678. The van der Waals surface area contributed by atoms with Crippen molar-refractivity contribution in [1.82, 2.24) is 4.98 Å². The van der Waals surface area contributed by atoms with Crippen molar-refractivity contribution >= 4 is 17.3 Å². The number of piperidine rings is 1. The van der Waals surface area contributed by atoms with E-state index in [9.17, 15) is 0 Å². The molecule has 69 valence electrons. The van der Waals surface area contributed by atoms with Crippen LogP contribution in [0.15, 0.2) is 18.3 Å². The first-order valence-electron chi connectivity index (χ1n) is 4.54. The minimum atomic E-state index is 0.562. The molecule has 0 spiro atoms. The molecule has 0 aliphatic carbocycles. The van der Waals surface area contributed by atoms with Gasteiger partial charge >= 0.3 is 0 Å². The van der Waals surface area contributed by atoms with Gasteiger partial charge in [-0.2, -0.15) is 0 Å². The third kappa shape index (κ3) is 2.13. The van der Waals surface area contributed by atoms with Crippen LogP contribution in [0.5, 0.6) is 0 Å². The molecule has 1 fully saturated rings. The summed E-state index contributed by atoms with van der Waals surface area (Å²) < 4.78 is 0. The van der Waals surface area contributed by atoms with Gasteiger partial charge in [0.1, 0.15) is 5.15 Å². The van der Waals surface area contributed by atoms with Crippen molar-refractivity contribution in [2.45, 2.75) is 12.8 Å². The molecule has 0 aromatic carbocycles. The standard InChI is InChI=1S/C10H12ClN2/c11-10-5-4-9(8-12-10)13-6-2-1-3-7-13/h1,4-5,8H,2-3,6-7H2. The number of pyridine rings is 1. The third-order valence-corrected chi connectivity index (χ3v) is 2.51. The van der Waals surface area contributed by atoms with Crippen LogP contribution in [-0.2, 0) is 0 Å². The second-order valence-electron chi connectivity index (χ2n) is 3.19. The van der Waals surface area contributed by atoms with Gasteiger partial charge in [-0.15, -0.1) is 0 Å². The number of anilines is 1. The molecule has 0 N–H and O–H groups in total. The zero-order valence-corrected chi connectivity index (χ0v) is 8.17. The summed E-state index contributed by atoms with van der Waals surface area (Å²) in [6, 6.07) is 3.87. The van der Waals surface area contributed by atoms with E-state index in [2.05, 4.69) is 16.3 Å². The highest BCUT2D eigenvalue weighted by Crippen LogP contribution is 2.19. The van der Waals surface area contributed by atoms with Gasteiger partial charge in [-0.05, 0) is 31.4 Å². The van der Waals surface area contributed by atoms with Crippen molar-refractivity contribution < 1.29 is 0 Å². The zero-order valence-electron chi connectivity index (χ0n) is 7.41. The molecule has 2 nitrogen and oxygen atoms in total. The Morgan fingerprint density at radius 2 is 2.00 bits per heavy atom. The van der Waals surface area contributed by atoms with E-state index in [-0.39, 0.29) is 0 Å². The minimum Gasteiger partial charge on any atom is -0.370 e. The average molecular weight is 196 g/mol. The Morgan fingerprint density at radius 1 is 1.23 bits per heavy atom. The number of rotatable bonds is 1. The van der Waals surface area contributed by atoms with E-state index >= 15 is 0 Å². The van der Waals surface area contributed by atoms with Crippen molar-refractivity contribution in [2.24, 2.45) is 0 Å². The maximum Gasteiger partial charge on any atom is 0.129 e. The van der Waals surface area contributed by atoms with Crippen molar-refractivity contribution in [3.05, 3.63) is 29.9 Å². The summed E-state index contributed by atoms with van der Waals surface area (Å²) in [7, 11) is 0. The molecule has 1 aromatic heterocycles. The van der Waals surface area contributed by atoms with Gasteiger partial charge in [0.2, 0.25) is 0 Å². The van der Waals surface area contributed by atoms with Gasteiger partial charge in [0, 0.05) is 13.1 Å². The van der Waals surface area contributed by atoms with Crippen LogP contribution < -0.4 is 4.90 Å². The Labute approximate surface area is 83.5 Å². The Bertz CT molecular complexity index is 265. The Hall–Kier alpha value is -0.760. The number of hydrogen-bond donors (Lipinski definition) is 0. The Morgan fingerprint density at radius 3 is 2.62 bits per heavy atom. The van der Waals surface area contributed by atoms with Crippen LogP contribution in [0.3, 0.4) is 0 Å². The SMILES string of the molecule is Clc1ccc(N2CC[CH]CC2)cn1. The van der Waals surface area contributed by atoms with Gasteiger partial charge in [-0.25, -0.2) is 4.98 Å². The minimum absolute atomic E-state index is 0.562. The van der Waals surface area contributed by atoms with Crippen molar-refractivity contribution in [3.8, 4) is 0 Å². The first-order chi connectivity index (χ1) is 6.36. The number of nitrogens with zero attached hydrogens (tertiary/aromatic N) is 2. The van der Waals surface area contributed by atoms with Gasteiger partial charge in [0.15, 0.2) is 0 Å². The fourth-order valence-corrected chi connectivity index (χ4v) is 1.68. The van der Waals surface area contributed by atoms with E-state index in [1.165, 1.54) is 18.5 Å². The predicted octanol–water partition coefficient (Wildman–Crippen LogP) is 2.54. The topological polar surface area (TPSA) is 16.1 Å². The van der Waals surface area contributed by atoms with E-state index in [0.717, 1.165) is 13.1 Å². The molecule has 0 amide bonds. The lowest BCUT2D eigenvalue weighted by Crippen LogP contribution is -2.29. The van der Waals surface area contributed by atoms with Crippen LogP contribution in [0.25, 0.3) is 0 Å². The molecule has 2 rings (SSSR count). The van der Waals surface area contributed by atoms with Gasteiger partial charge in [0.25, 0.3) is 0 Å². The van der Waals surface area contributed by atoms with Crippen molar-refractivity contribution in [1.29, 1.82) is 0 Å². The van der Waals surface area contributed by atoms with E-state index in [1.54, 1.807) is 0 Å². The van der Waals surface area contributed by atoms with E-state index < -0.39 is 0 Å². The molecular weight excluding hydrogens is 184 g/mol. The maximum atomic E-state index is 5.71. The number of halogens is 1. The zero-order chi connectivity index (χ0) is 9.10. The second kappa shape index (κ2) is 3.97. The molecule has 1 radical (unpaired) electrons. The summed E-state index contributed by atoms with van der Waals surface area (Å²) in [5.41, 5.74) is 1.18. The van der Waals surface area contributed by atoms with E-state index in [0.29, 0.717) is 5.15 Å². The summed E-state index contributed by atoms with van der Waals surface area (Å²) in [6.07, 6.45) is 6.51. The molecule has 0 saturated carbocycles. The Kier molecular flexibility index (Phi) is 2.69. The van der Waals surface area contributed by atoms with E-state index in [4.69, 9.17) is 11.6 Å². The van der Waals surface area contributed by atoms with Crippen LogP contribution in [0.2, 0.25) is 5.15 Å². The van der Waals surface area contributed by atoms with Gasteiger partial charge in [0.05, 0.1) is 11.9 Å². The monoisotopic (exact) mass is 195 g/mol. The van der Waals surface area contributed by atoms with Crippen LogP contribution >= 0.6 is 11.6 Å². The van der Waals surface area contributed by atoms with Crippen molar-refractivity contribution in [2.75, 3.05) is 18.0 Å². The molecule has 2 heterocycles. The van der Waals surface area contributed by atoms with Crippen molar-refractivity contribution in [3.63, 3.8) is 0 Å². The summed E-state index contributed by atoms with van der Waals surface area (Å²) in [5.74, 6) is 0. The summed E-state index contributed by atoms with van der Waals surface area (Å²) in [6.45, 7) is 2.20. The molecule has 0 atom stereocenters. The first-order valence-corrected chi connectivity index (χ1v) is 4.92. The smallest absolute Gasteiger partial charge is 0.129 e. The highest BCUT2D eigenvalue weighted by molar-refractivity contribution is 6.29. The van der Waals surface area contributed by atoms with Crippen LogP contribution in [-0.4, -0.2) is 18.1 Å². The third-order valence-electron chi connectivity index (χ3n) is 2.28. The summed E-state index contributed by atoms with van der Waals surface area (Å²) in [5, 5.41) is 0.562. The fraction of sp³-hybridized carbons (Fsp3) is 0.400. The second-order valence-corrected chi connectivity index (χ2v) is 3.58. The molecule has 0 unspecified atom stereocenters. The van der Waals surface area contributed by atoms with Crippen LogP contribution in [0.4, 0.5) is 5.69 Å². The molecule has 13 heavy (non-hydrogen) atoms. The first kappa shape index (κ1) is 8.82. The van der Waals surface area contributed by atoms with E-state index in [1.807, 2.05) is 18.3 Å². The van der Waals surface area contributed by atoms with Gasteiger partial charge in [-0.1, -0.05) is 11.6 Å².